The van der Waals surface area contributed by atoms with Gasteiger partial charge in [0, 0.05) is 6.04 Å². The second kappa shape index (κ2) is 4.80. The number of carboxylic acid groups (broad SMARTS) is 1. The van der Waals surface area contributed by atoms with Crippen molar-refractivity contribution in [2.75, 3.05) is 0 Å². The summed E-state index contributed by atoms with van der Waals surface area (Å²) in [6, 6.07) is 0.443. The molecule has 0 radical (unpaired) electrons. The van der Waals surface area contributed by atoms with Crippen LogP contribution in [-0.4, -0.2) is 17.1 Å². The van der Waals surface area contributed by atoms with E-state index in [9.17, 15) is 22.4 Å². The first-order chi connectivity index (χ1) is 8.79. The Morgan fingerprint density at radius 2 is 2.00 bits per heavy atom. The van der Waals surface area contributed by atoms with Crippen LogP contribution in [0.25, 0.3) is 0 Å². The molecule has 0 spiro atoms. The van der Waals surface area contributed by atoms with Crippen molar-refractivity contribution >= 4 is 5.97 Å². The zero-order chi connectivity index (χ0) is 14.2. The number of carbonyl (C=O) groups is 1. The van der Waals surface area contributed by atoms with Crippen LogP contribution in [-0.2, 0) is 11.0 Å². The molecule has 1 atom stereocenters. The van der Waals surface area contributed by atoms with Crippen molar-refractivity contribution in [3.63, 3.8) is 0 Å². The summed E-state index contributed by atoms with van der Waals surface area (Å²) < 4.78 is 51.4. The third kappa shape index (κ3) is 3.23. The van der Waals surface area contributed by atoms with Gasteiger partial charge in [0.2, 0.25) is 0 Å². The summed E-state index contributed by atoms with van der Waals surface area (Å²) in [5.74, 6) is -2.46. The number of benzene rings is 1. The molecular weight excluding hydrogens is 266 g/mol. The Labute approximate surface area is 106 Å². The van der Waals surface area contributed by atoms with Crippen LogP contribution in [0.1, 0.15) is 30.0 Å². The molecule has 2 rings (SSSR count). The van der Waals surface area contributed by atoms with Crippen molar-refractivity contribution < 1.29 is 27.5 Å². The summed E-state index contributed by atoms with van der Waals surface area (Å²) in [5.41, 5.74) is -1.72. The van der Waals surface area contributed by atoms with Crippen LogP contribution in [0.4, 0.5) is 17.6 Å². The minimum Gasteiger partial charge on any atom is -0.480 e. The normalized spacial score (nSPS) is 17.3. The van der Waals surface area contributed by atoms with Gasteiger partial charge in [-0.2, -0.15) is 13.2 Å². The molecule has 0 aliphatic heterocycles. The Balaban J connectivity index is 2.42. The van der Waals surface area contributed by atoms with Gasteiger partial charge >= 0.3 is 12.1 Å². The standard InChI is InChI=1S/C12H11F4NO2/c13-6-1-4-8(9(5-6)12(14,15)16)10(11(18)19)17-7-2-3-7/h1,4-5,7,10,17H,2-3H2,(H,18,19). The van der Waals surface area contributed by atoms with Crippen LogP contribution in [0.15, 0.2) is 18.2 Å². The molecule has 19 heavy (non-hydrogen) atoms. The molecular formula is C12H11F4NO2. The SMILES string of the molecule is O=C(O)C(NC1CC1)c1ccc(F)cc1C(F)(F)F. The first-order valence-electron chi connectivity index (χ1n) is 5.64. The van der Waals surface area contributed by atoms with Crippen LogP contribution in [0.3, 0.4) is 0 Å². The van der Waals surface area contributed by atoms with Gasteiger partial charge in [0.05, 0.1) is 5.56 Å². The van der Waals surface area contributed by atoms with Crippen molar-refractivity contribution in [2.24, 2.45) is 0 Å². The molecule has 0 amide bonds. The van der Waals surface area contributed by atoms with Gasteiger partial charge in [-0.05, 0) is 30.5 Å². The molecule has 7 heteroatoms. The highest BCUT2D eigenvalue weighted by atomic mass is 19.4. The number of hydrogen-bond donors (Lipinski definition) is 2. The van der Waals surface area contributed by atoms with Gasteiger partial charge < -0.3 is 5.11 Å². The molecule has 1 aromatic rings. The van der Waals surface area contributed by atoms with E-state index < -0.39 is 35.1 Å². The maximum absolute atomic E-state index is 12.9. The van der Waals surface area contributed by atoms with E-state index >= 15 is 0 Å². The average Bonchev–Trinajstić information content (AvgIpc) is 3.08. The Bertz CT molecular complexity index is 497. The lowest BCUT2D eigenvalue weighted by Crippen LogP contribution is -2.32. The summed E-state index contributed by atoms with van der Waals surface area (Å²) in [4.78, 5) is 11.1. The molecule has 0 bridgehead atoms. The molecule has 2 N–H and O–H groups in total. The highest BCUT2D eigenvalue weighted by Gasteiger charge is 2.39. The minimum absolute atomic E-state index is 0.0905. The maximum atomic E-state index is 12.9. The Kier molecular flexibility index (Phi) is 3.49. The number of rotatable bonds is 4. The average molecular weight is 277 g/mol. The van der Waals surface area contributed by atoms with Crippen molar-refractivity contribution in [3.8, 4) is 0 Å². The quantitative estimate of drug-likeness (QED) is 0.832. The van der Waals surface area contributed by atoms with Crippen LogP contribution in [0.5, 0.6) is 0 Å². The largest absolute Gasteiger partial charge is 0.480 e. The topological polar surface area (TPSA) is 49.3 Å². The summed E-state index contributed by atoms with van der Waals surface area (Å²) in [6.45, 7) is 0. The number of hydrogen-bond acceptors (Lipinski definition) is 2. The Morgan fingerprint density at radius 3 is 2.47 bits per heavy atom. The van der Waals surface area contributed by atoms with Crippen molar-refractivity contribution in [3.05, 3.63) is 35.1 Å². The predicted molar refractivity (Wildman–Crippen MR) is 57.9 cm³/mol. The first kappa shape index (κ1) is 13.8. The summed E-state index contributed by atoms with van der Waals surface area (Å²) >= 11 is 0. The van der Waals surface area contributed by atoms with Gasteiger partial charge in [-0.15, -0.1) is 0 Å². The number of alkyl halides is 3. The van der Waals surface area contributed by atoms with Gasteiger partial charge in [-0.3, -0.25) is 10.1 Å². The number of aliphatic carboxylic acids is 1. The fraction of sp³-hybridized carbons (Fsp3) is 0.417. The molecule has 0 saturated heterocycles. The predicted octanol–water partition coefficient (Wildman–Crippen LogP) is 2.72. The molecule has 1 aromatic carbocycles. The molecule has 1 aliphatic rings. The summed E-state index contributed by atoms with van der Waals surface area (Å²) in [5, 5.41) is 11.7. The fourth-order valence-corrected chi connectivity index (χ4v) is 1.81. The first-order valence-corrected chi connectivity index (χ1v) is 5.64. The van der Waals surface area contributed by atoms with Gasteiger partial charge in [0.25, 0.3) is 0 Å². The van der Waals surface area contributed by atoms with Crippen molar-refractivity contribution in [1.82, 2.24) is 5.32 Å². The van der Waals surface area contributed by atoms with Gasteiger partial charge in [0.15, 0.2) is 0 Å². The highest BCUT2D eigenvalue weighted by Crippen LogP contribution is 2.36. The van der Waals surface area contributed by atoms with Crippen LogP contribution in [0, 0.1) is 5.82 Å². The van der Waals surface area contributed by atoms with E-state index in [2.05, 4.69) is 5.32 Å². The third-order valence-corrected chi connectivity index (χ3v) is 2.86. The van der Waals surface area contributed by atoms with E-state index in [1.54, 1.807) is 0 Å². The van der Waals surface area contributed by atoms with Gasteiger partial charge in [-0.1, -0.05) is 6.07 Å². The number of carboxylic acids is 1. The minimum atomic E-state index is -4.80. The smallest absolute Gasteiger partial charge is 0.416 e. The van der Waals surface area contributed by atoms with E-state index in [0.29, 0.717) is 6.07 Å². The van der Waals surface area contributed by atoms with E-state index in [-0.39, 0.29) is 6.04 Å². The van der Waals surface area contributed by atoms with Crippen molar-refractivity contribution in [1.29, 1.82) is 0 Å². The summed E-state index contributed by atoms with van der Waals surface area (Å²) in [6.07, 6.45) is -3.34. The molecule has 3 nitrogen and oxygen atoms in total. The molecule has 1 unspecified atom stereocenters. The number of nitrogens with one attached hydrogen (secondary N) is 1. The molecule has 1 aliphatic carbocycles. The van der Waals surface area contributed by atoms with Gasteiger partial charge in [-0.25, -0.2) is 4.39 Å². The van der Waals surface area contributed by atoms with Crippen LogP contribution >= 0.6 is 0 Å². The lowest BCUT2D eigenvalue weighted by molar-refractivity contribution is -0.142. The maximum Gasteiger partial charge on any atom is 0.416 e. The molecule has 1 saturated carbocycles. The summed E-state index contributed by atoms with van der Waals surface area (Å²) in [7, 11) is 0. The highest BCUT2D eigenvalue weighted by molar-refractivity contribution is 5.76. The lowest BCUT2D eigenvalue weighted by atomic mass is 9.99. The zero-order valence-electron chi connectivity index (χ0n) is 9.67. The third-order valence-electron chi connectivity index (χ3n) is 2.86. The number of halogens is 4. The van der Waals surface area contributed by atoms with Crippen LogP contribution in [0.2, 0.25) is 0 Å². The van der Waals surface area contributed by atoms with Gasteiger partial charge in [0.1, 0.15) is 11.9 Å². The van der Waals surface area contributed by atoms with E-state index in [4.69, 9.17) is 5.11 Å². The second-order valence-electron chi connectivity index (χ2n) is 4.44. The van der Waals surface area contributed by atoms with E-state index in [1.165, 1.54) is 0 Å². The Hall–Kier alpha value is -1.63. The Morgan fingerprint density at radius 1 is 1.37 bits per heavy atom. The monoisotopic (exact) mass is 277 g/mol. The molecule has 0 heterocycles. The second-order valence-corrected chi connectivity index (χ2v) is 4.44. The fourth-order valence-electron chi connectivity index (χ4n) is 1.81. The zero-order valence-corrected chi connectivity index (χ0v) is 9.67. The van der Waals surface area contributed by atoms with Crippen LogP contribution < -0.4 is 5.32 Å². The van der Waals surface area contributed by atoms with E-state index in [0.717, 1.165) is 25.0 Å². The van der Waals surface area contributed by atoms with Crippen molar-refractivity contribution in [2.45, 2.75) is 31.1 Å². The molecule has 1 fully saturated rings. The molecule has 0 aromatic heterocycles. The molecule has 104 valence electrons. The lowest BCUT2D eigenvalue weighted by Gasteiger charge is -2.19. The van der Waals surface area contributed by atoms with E-state index in [1.807, 2.05) is 0 Å².